The SMILES string of the molecule is C=CCC(CC(=O)OC(C)(C)C)C(=O)N1C(=O)OC[C@@H]1Cc1ccccc1. The maximum absolute atomic E-state index is 13.0. The number of nitrogens with zero attached hydrogens (tertiary/aromatic N) is 1. The number of allylic oxidation sites excluding steroid dienone is 1. The fourth-order valence-electron chi connectivity index (χ4n) is 3.02. The van der Waals surface area contributed by atoms with E-state index in [-0.39, 0.29) is 19.4 Å². The van der Waals surface area contributed by atoms with Gasteiger partial charge in [-0.3, -0.25) is 9.59 Å². The average molecular weight is 373 g/mol. The quantitative estimate of drug-likeness (QED) is 0.540. The van der Waals surface area contributed by atoms with E-state index in [1.165, 1.54) is 0 Å². The minimum absolute atomic E-state index is 0.107. The Bertz CT molecular complexity index is 692. The lowest BCUT2D eigenvalue weighted by Gasteiger charge is -2.25. The van der Waals surface area contributed by atoms with E-state index < -0.39 is 35.5 Å². The largest absolute Gasteiger partial charge is 0.460 e. The first-order valence-electron chi connectivity index (χ1n) is 9.07. The van der Waals surface area contributed by atoms with Gasteiger partial charge in [-0.1, -0.05) is 36.4 Å². The van der Waals surface area contributed by atoms with Crippen LogP contribution in [0.3, 0.4) is 0 Å². The summed E-state index contributed by atoms with van der Waals surface area (Å²) in [7, 11) is 0. The molecule has 6 nitrogen and oxygen atoms in total. The number of amides is 2. The number of hydrogen-bond acceptors (Lipinski definition) is 5. The van der Waals surface area contributed by atoms with Crippen LogP contribution in [0.2, 0.25) is 0 Å². The fraction of sp³-hybridized carbons (Fsp3) is 0.476. The van der Waals surface area contributed by atoms with Crippen LogP contribution >= 0.6 is 0 Å². The van der Waals surface area contributed by atoms with Crippen molar-refractivity contribution in [2.45, 2.75) is 51.7 Å². The Kier molecular flexibility index (Phi) is 6.77. The van der Waals surface area contributed by atoms with Gasteiger partial charge in [-0.2, -0.15) is 0 Å². The first-order valence-corrected chi connectivity index (χ1v) is 9.07. The van der Waals surface area contributed by atoms with E-state index in [1.807, 2.05) is 30.3 Å². The predicted octanol–water partition coefficient (Wildman–Crippen LogP) is 3.50. The molecule has 0 aliphatic carbocycles. The Labute approximate surface area is 160 Å². The summed E-state index contributed by atoms with van der Waals surface area (Å²) in [6.45, 7) is 9.10. The smallest absolute Gasteiger partial charge is 0.416 e. The van der Waals surface area contributed by atoms with Crippen molar-refractivity contribution in [3.63, 3.8) is 0 Å². The Morgan fingerprint density at radius 3 is 2.59 bits per heavy atom. The van der Waals surface area contributed by atoms with Crippen LogP contribution in [-0.4, -0.2) is 41.1 Å². The molecule has 0 aromatic heterocycles. The summed E-state index contributed by atoms with van der Waals surface area (Å²) in [5, 5.41) is 0. The van der Waals surface area contributed by atoms with Crippen molar-refractivity contribution in [1.29, 1.82) is 0 Å². The molecule has 146 valence electrons. The van der Waals surface area contributed by atoms with Crippen LogP contribution in [0.4, 0.5) is 4.79 Å². The highest BCUT2D eigenvalue weighted by Gasteiger charge is 2.41. The molecule has 6 heteroatoms. The van der Waals surface area contributed by atoms with Gasteiger partial charge in [0.15, 0.2) is 0 Å². The zero-order chi connectivity index (χ0) is 20.0. The maximum Gasteiger partial charge on any atom is 0.416 e. The number of carbonyl (C=O) groups is 3. The third-order valence-corrected chi connectivity index (χ3v) is 4.15. The van der Waals surface area contributed by atoms with Crippen LogP contribution in [-0.2, 0) is 25.5 Å². The Morgan fingerprint density at radius 2 is 2.00 bits per heavy atom. The molecule has 0 spiro atoms. The summed E-state index contributed by atoms with van der Waals surface area (Å²) >= 11 is 0. The van der Waals surface area contributed by atoms with Crippen LogP contribution in [0.5, 0.6) is 0 Å². The van der Waals surface area contributed by atoms with E-state index in [2.05, 4.69) is 6.58 Å². The molecule has 2 atom stereocenters. The summed E-state index contributed by atoms with van der Waals surface area (Å²) in [4.78, 5) is 38.5. The van der Waals surface area contributed by atoms with Crippen LogP contribution in [0, 0.1) is 5.92 Å². The van der Waals surface area contributed by atoms with E-state index in [9.17, 15) is 14.4 Å². The van der Waals surface area contributed by atoms with Gasteiger partial charge in [0, 0.05) is 0 Å². The van der Waals surface area contributed by atoms with E-state index in [0.29, 0.717) is 6.42 Å². The molecule has 1 aliphatic heterocycles. The lowest BCUT2D eigenvalue weighted by molar-refractivity contribution is -0.158. The number of carbonyl (C=O) groups excluding carboxylic acids is 3. The van der Waals surface area contributed by atoms with Gasteiger partial charge < -0.3 is 9.47 Å². The van der Waals surface area contributed by atoms with Gasteiger partial charge in [0.1, 0.15) is 12.2 Å². The molecule has 0 bridgehead atoms. The van der Waals surface area contributed by atoms with Gasteiger partial charge in [-0.05, 0) is 39.2 Å². The lowest BCUT2D eigenvalue weighted by atomic mass is 9.97. The van der Waals surface area contributed by atoms with E-state index in [0.717, 1.165) is 10.5 Å². The van der Waals surface area contributed by atoms with Crippen molar-refractivity contribution >= 4 is 18.0 Å². The number of benzene rings is 1. The second kappa shape index (κ2) is 8.84. The minimum atomic E-state index is -0.707. The van der Waals surface area contributed by atoms with Crippen LogP contribution < -0.4 is 0 Å². The van der Waals surface area contributed by atoms with Crippen molar-refractivity contribution in [3.05, 3.63) is 48.6 Å². The molecular weight excluding hydrogens is 346 g/mol. The Morgan fingerprint density at radius 1 is 1.33 bits per heavy atom. The third kappa shape index (κ3) is 5.94. The number of imide groups is 1. The third-order valence-electron chi connectivity index (χ3n) is 4.15. The van der Waals surface area contributed by atoms with Gasteiger partial charge in [-0.15, -0.1) is 6.58 Å². The topological polar surface area (TPSA) is 72.9 Å². The van der Waals surface area contributed by atoms with Gasteiger partial charge in [0.05, 0.1) is 18.4 Å². The summed E-state index contributed by atoms with van der Waals surface area (Å²) in [6, 6.07) is 9.20. The van der Waals surface area contributed by atoms with Crippen molar-refractivity contribution in [3.8, 4) is 0 Å². The van der Waals surface area contributed by atoms with Crippen molar-refractivity contribution in [2.24, 2.45) is 5.92 Å². The zero-order valence-corrected chi connectivity index (χ0v) is 16.1. The molecular formula is C21H27NO5. The van der Waals surface area contributed by atoms with E-state index in [4.69, 9.17) is 9.47 Å². The van der Waals surface area contributed by atoms with Gasteiger partial charge in [0.25, 0.3) is 0 Å². The Balaban J connectivity index is 2.12. The predicted molar refractivity (Wildman–Crippen MR) is 101 cm³/mol. The summed E-state index contributed by atoms with van der Waals surface area (Å²) < 4.78 is 10.4. The molecule has 1 aromatic rings. The number of rotatable bonds is 7. The van der Waals surface area contributed by atoms with Crippen molar-refractivity contribution in [1.82, 2.24) is 4.90 Å². The highest BCUT2D eigenvalue weighted by Crippen LogP contribution is 2.24. The van der Waals surface area contributed by atoms with Gasteiger partial charge >= 0.3 is 12.1 Å². The first kappa shape index (κ1) is 20.7. The second-order valence-electron chi connectivity index (χ2n) is 7.64. The second-order valence-corrected chi connectivity index (χ2v) is 7.64. The molecule has 0 radical (unpaired) electrons. The molecule has 2 rings (SSSR count). The summed E-state index contributed by atoms with van der Waals surface area (Å²) in [6.07, 6.45) is 1.58. The van der Waals surface area contributed by atoms with Crippen LogP contribution in [0.1, 0.15) is 39.2 Å². The minimum Gasteiger partial charge on any atom is -0.460 e. The normalized spacial score (nSPS) is 18.0. The highest BCUT2D eigenvalue weighted by atomic mass is 16.6. The molecule has 0 saturated carbocycles. The number of ether oxygens (including phenoxy) is 2. The first-order chi connectivity index (χ1) is 12.7. The monoisotopic (exact) mass is 373 g/mol. The highest BCUT2D eigenvalue weighted by molar-refractivity contribution is 5.96. The molecule has 1 fully saturated rings. The number of cyclic esters (lactones) is 1. The molecule has 1 aromatic carbocycles. The molecule has 0 N–H and O–H groups in total. The van der Waals surface area contributed by atoms with Crippen LogP contribution in [0.25, 0.3) is 0 Å². The molecule has 1 aliphatic rings. The van der Waals surface area contributed by atoms with Crippen LogP contribution in [0.15, 0.2) is 43.0 Å². The maximum atomic E-state index is 13.0. The molecule has 27 heavy (non-hydrogen) atoms. The summed E-state index contributed by atoms with van der Waals surface area (Å²) in [5.74, 6) is -1.61. The van der Waals surface area contributed by atoms with Gasteiger partial charge in [0.2, 0.25) is 5.91 Å². The standard InChI is InChI=1S/C21H27NO5/c1-5-9-16(13-18(23)27-21(2,3)4)19(24)22-17(14-26-20(22)25)12-15-10-7-6-8-11-15/h5-8,10-11,16-17H,1,9,12-14H2,2-4H3/t16?,17-/m0/s1. The lowest BCUT2D eigenvalue weighted by Crippen LogP contribution is -2.44. The average Bonchev–Trinajstić information content (AvgIpc) is 2.93. The Hall–Kier alpha value is -2.63. The van der Waals surface area contributed by atoms with Gasteiger partial charge in [-0.25, -0.2) is 9.69 Å². The summed E-state index contributed by atoms with van der Waals surface area (Å²) in [5.41, 5.74) is 0.368. The molecule has 2 amide bonds. The molecule has 1 heterocycles. The molecule has 1 unspecified atom stereocenters. The number of esters is 1. The molecule has 1 saturated heterocycles. The van der Waals surface area contributed by atoms with Crippen molar-refractivity contribution in [2.75, 3.05) is 6.61 Å². The fourth-order valence-corrected chi connectivity index (χ4v) is 3.02. The zero-order valence-electron chi connectivity index (χ0n) is 16.1. The van der Waals surface area contributed by atoms with E-state index in [1.54, 1.807) is 26.8 Å². The van der Waals surface area contributed by atoms with Crippen molar-refractivity contribution < 1.29 is 23.9 Å². The number of hydrogen-bond donors (Lipinski definition) is 0. The van der Waals surface area contributed by atoms with E-state index >= 15 is 0 Å².